The van der Waals surface area contributed by atoms with E-state index >= 15 is 0 Å². The average Bonchev–Trinajstić information content (AvgIpc) is 3.51. The van der Waals surface area contributed by atoms with Gasteiger partial charge in [-0.05, 0) is 67.3 Å². The second kappa shape index (κ2) is 10.8. The smallest absolute Gasteiger partial charge is 0.320 e. The Balaban J connectivity index is 1.18. The van der Waals surface area contributed by atoms with Crippen LogP contribution in [-0.2, 0) is 17.8 Å². The number of oxazole rings is 1. The summed E-state index contributed by atoms with van der Waals surface area (Å²) in [5, 5.41) is 9.42. The Morgan fingerprint density at radius 3 is 2.56 bits per heavy atom. The summed E-state index contributed by atoms with van der Waals surface area (Å²) in [5.41, 5.74) is 5.21. The number of aryl methyl sites for hydroxylation is 1. The molecule has 0 saturated carbocycles. The third kappa shape index (κ3) is 5.50. The maximum absolute atomic E-state index is 11.5. The van der Waals surface area contributed by atoms with Gasteiger partial charge in [-0.1, -0.05) is 54.6 Å². The number of hydrogen-bond donors (Lipinski definition) is 1. The monoisotopic (exact) mass is 482 g/mol. The summed E-state index contributed by atoms with van der Waals surface area (Å²) in [5.74, 6) is 1.44. The molecular formula is C30H30N2O4. The Hall–Kier alpha value is -3.90. The lowest BCUT2D eigenvalue weighted by molar-refractivity contribution is -0.142. The molecule has 3 aromatic carbocycles. The van der Waals surface area contributed by atoms with Crippen LogP contribution in [-0.4, -0.2) is 40.2 Å². The van der Waals surface area contributed by atoms with Crippen molar-refractivity contribution < 1.29 is 19.1 Å². The molecule has 0 radical (unpaired) electrons. The molecule has 5 rings (SSSR count). The number of aliphatic carboxylic acids is 1. The number of carboxylic acid groups (broad SMARTS) is 1. The molecule has 0 spiro atoms. The van der Waals surface area contributed by atoms with Crippen LogP contribution in [0.4, 0.5) is 0 Å². The minimum absolute atomic E-state index is 0.395. The number of nitrogens with zero attached hydrogens (tertiary/aromatic N) is 2. The summed E-state index contributed by atoms with van der Waals surface area (Å²) >= 11 is 0. The van der Waals surface area contributed by atoms with Gasteiger partial charge in [0, 0.05) is 18.5 Å². The van der Waals surface area contributed by atoms with Crippen LogP contribution in [0.5, 0.6) is 5.75 Å². The average molecular weight is 483 g/mol. The number of benzene rings is 3. The van der Waals surface area contributed by atoms with Crippen LogP contribution in [0.25, 0.3) is 22.6 Å². The topological polar surface area (TPSA) is 75.8 Å². The second-order valence-electron chi connectivity index (χ2n) is 9.18. The van der Waals surface area contributed by atoms with Crippen molar-refractivity contribution >= 4 is 5.97 Å². The summed E-state index contributed by atoms with van der Waals surface area (Å²) in [6.07, 6.45) is 2.26. The zero-order valence-corrected chi connectivity index (χ0v) is 20.4. The van der Waals surface area contributed by atoms with E-state index in [1.54, 1.807) is 0 Å². The minimum Gasteiger partial charge on any atom is -0.493 e. The number of ether oxygens (including phenoxy) is 1. The van der Waals surface area contributed by atoms with Gasteiger partial charge in [-0.15, -0.1) is 0 Å². The van der Waals surface area contributed by atoms with Crippen LogP contribution in [0.2, 0.25) is 0 Å². The summed E-state index contributed by atoms with van der Waals surface area (Å²) in [7, 11) is 0. The fourth-order valence-corrected chi connectivity index (χ4v) is 4.75. The molecule has 6 heteroatoms. The summed E-state index contributed by atoms with van der Waals surface area (Å²) < 4.78 is 12.0. The lowest BCUT2D eigenvalue weighted by Gasteiger charge is -2.21. The van der Waals surface area contributed by atoms with E-state index < -0.39 is 12.0 Å². The first-order valence-electron chi connectivity index (χ1n) is 12.4. The molecule has 0 aliphatic carbocycles. The number of carbonyl (C=O) groups is 1. The number of likely N-dealkylation sites (tertiary alicyclic amines) is 1. The molecule has 4 aromatic rings. The van der Waals surface area contributed by atoms with Gasteiger partial charge in [-0.2, -0.15) is 0 Å². The minimum atomic E-state index is -0.741. The zero-order valence-electron chi connectivity index (χ0n) is 20.4. The molecule has 6 nitrogen and oxygen atoms in total. The highest BCUT2D eigenvalue weighted by molar-refractivity contribution is 5.73. The van der Waals surface area contributed by atoms with Crippen molar-refractivity contribution in [3.63, 3.8) is 0 Å². The van der Waals surface area contributed by atoms with Crippen LogP contribution in [0.3, 0.4) is 0 Å². The molecule has 1 aromatic heterocycles. The predicted molar refractivity (Wildman–Crippen MR) is 139 cm³/mol. The van der Waals surface area contributed by atoms with Gasteiger partial charge in [-0.25, -0.2) is 4.98 Å². The van der Waals surface area contributed by atoms with Crippen LogP contribution in [0, 0.1) is 6.92 Å². The highest BCUT2D eigenvalue weighted by atomic mass is 16.5. The lowest BCUT2D eigenvalue weighted by atomic mass is 10.0. The number of rotatable bonds is 9. The molecular weight excluding hydrogens is 452 g/mol. The van der Waals surface area contributed by atoms with E-state index in [0.717, 1.165) is 46.9 Å². The van der Waals surface area contributed by atoms with Crippen LogP contribution >= 0.6 is 0 Å². The Labute approximate surface area is 211 Å². The molecule has 1 aliphatic heterocycles. The number of aromatic nitrogens is 1. The Morgan fingerprint density at radius 2 is 1.78 bits per heavy atom. The SMILES string of the molecule is Cc1oc(-c2ccc(-c3ccccc3)cc2)nc1CCOc1cccc(CN2CCCC2C(=O)O)c1. The van der Waals surface area contributed by atoms with Crippen LogP contribution in [0.15, 0.2) is 83.3 Å². The Morgan fingerprint density at radius 1 is 1.03 bits per heavy atom. The van der Waals surface area contributed by atoms with Crippen LogP contribution < -0.4 is 4.74 Å². The van der Waals surface area contributed by atoms with Crippen molar-refractivity contribution in [2.75, 3.05) is 13.2 Å². The zero-order chi connectivity index (χ0) is 24.9. The normalized spacial score (nSPS) is 15.8. The molecule has 0 amide bonds. The van der Waals surface area contributed by atoms with Gasteiger partial charge in [-0.3, -0.25) is 9.69 Å². The molecule has 2 heterocycles. The Kier molecular flexibility index (Phi) is 7.14. The Bertz CT molecular complexity index is 1310. The summed E-state index contributed by atoms with van der Waals surface area (Å²) in [4.78, 5) is 18.2. The van der Waals surface area contributed by atoms with E-state index in [4.69, 9.17) is 14.1 Å². The van der Waals surface area contributed by atoms with E-state index in [-0.39, 0.29) is 0 Å². The summed E-state index contributed by atoms with van der Waals surface area (Å²) in [6, 6.07) is 26.0. The highest BCUT2D eigenvalue weighted by Gasteiger charge is 2.30. The van der Waals surface area contributed by atoms with Gasteiger partial charge < -0.3 is 14.3 Å². The third-order valence-electron chi connectivity index (χ3n) is 6.67. The largest absolute Gasteiger partial charge is 0.493 e. The van der Waals surface area contributed by atoms with E-state index in [1.165, 1.54) is 5.56 Å². The second-order valence-corrected chi connectivity index (χ2v) is 9.18. The number of carboxylic acids is 1. The van der Waals surface area contributed by atoms with Gasteiger partial charge in [0.1, 0.15) is 17.6 Å². The van der Waals surface area contributed by atoms with Crippen LogP contribution in [0.1, 0.15) is 29.9 Å². The van der Waals surface area contributed by atoms with E-state index in [2.05, 4.69) is 24.3 Å². The first-order valence-corrected chi connectivity index (χ1v) is 12.4. The molecule has 1 fully saturated rings. The van der Waals surface area contributed by atoms with Gasteiger partial charge in [0.05, 0.1) is 12.3 Å². The maximum Gasteiger partial charge on any atom is 0.320 e. The molecule has 184 valence electrons. The first-order chi connectivity index (χ1) is 17.6. The maximum atomic E-state index is 11.5. The fraction of sp³-hybridized carbons (Fsp3) is 0.267. The first kappa shape index (κ1) is 23.8. The van der Waals surface area contributed by atoms with E-state index in [9.17, 15) is 9.90 Å². The van der Waals surface area contributed by atoms with Crippen molar-refractivity contribution in [1.82, 2.24) is 9.88 Å². The van der Waals surface area contributed by atoms with Crippen molar-refractivity contribution in [2.45, 2.75) is 38.8 Å². The highest BCUT2D eigenvalue weighted by Crippen LogP contribution is 2.26. The molecule has 36 heavy (non-hydrogen) atoms. The molecule has 1 N–H and O–H groups in total. The quantitative estimate of drug-likeness (QED) is 0.316. The van der Waals surface area contributed by atoms with Crippen molar-refractivity contribution in [2.24, 2.45) is 0 Å². The van der Waals surface area contributed by atoms with Crippen molar-refractivity contribution in [3.8, 4) is 28.3 Å². The molecule has 0 bridgehead atoms. The number of hydrogen-bond acceptors (Lipinski definition) is 5. The molecule has 1 aliphatic rings. The summed E-state index contributed by atoms with van der Waals surface area (Å²) in [6.45, 7) is 3.83. The van der Waals surface area contributed by atoms with Crippen molar-refractivity contribution in [1.29, 1.82) is 0 Å². The van der Waals surface area contributed by atoms with Crippen molar-refractivity contribution in [3.05, 3.63) is 95.9 Å². The molecule has 1 unspecified atom stereocenters. The predicted octanol–water partition coefficient (Wildman–Crippen LogP) is 5.99. The van der Waals surface area contributed by atoms with Gasteiger partial charge >= 0.3 is 5.97 Å². The third-order valence-corrected chi connectivity index (χ3v) is 6.67. The van der Waals surface area contributed by atoms with Gasteiger partial charge in [0.15, 0.2) is 0 Å². The van der Waals surface area contributed by atoms with E-state index in [0.29, 0.717) is 31.9 Å². The van der Waals surface area contributed by atoms with Gasteiger partial charge in [0.25, 0.3) is 0 Å². The standard InChI is InChI=1S/C30H30N2O4/c1-21-27(31-29(36-21)25-14-12-24(13-15-25)23-8-3-2-4-9-23)16-18-35-26-10-5-7-22(19-26)20-32-17-6-11-28(32)30(33)34/h2-5,7-10,12-15,19,28H,6,11,16-18,20H2,1H3,(H,33,34). The molecule has 1 saturated heterocycles. The van der Waals surface area contributed by atoms with Gasteiger partial charge in [0.2, 0.25) is 5.89 Å². The fourth-order valence-electron chi connectivity index (χ4n) is 4.75. The molecule has 1 atom stereocenters. The lowest BCUT2D eigenvalue weighted by Crippen LogP contribution is -2.35. The van der Waals surface area contributed by atoms with E-state index in [1.807, 2.05) is 66.4 Å².